The standard InChI is InChI=1S/C11H19/c1-2-3-4-5-6-7-8-11-9-10-11/h2,9,11H,1,3-8,10H2. The molecule has 11 heavy (non-hydrogen) atoms. The van der Waals surface area contributed by atoms with Gasteiger partial charge >= 0.3 is 0 Å². The average molecular weight is 151 g/mol. The van der Waals surface area contributed by atoms with Gasteiger partial charge in [-0.2, -0.15) is 0 Å². The second-order valence-electron chi connectivity index (χ2n) is 3.51. The summed E-state index contributed by atoms with van der Waals surface area (Å²) in [7, 11) is 0. The van der Waals surface area contributed by atoms with Gasteiger partial charge in [-0.1, -0.05) is 31.8 Å². The first kappa shape index (κ1) is 8.83. The van der Waals surface area contributed by atoms with Crippen LogP contribution in [0.15, 0.2) is 12.7 Å². The van der Waals surface area contributed by atoms with Crippen LogP contribution in [0.4, 0.5) is 0 Å². The third-order valence-electron chi connectivity index (χ3n) is 2.30. The Morgan fingerprint density at radius 2 is 2.00 bits per heavy atom. The quantitative estimate of drug-likeness (QED) is 0.384. The van der Waals surface area contributed by atoms with Crippen molar-refractivity contribution in [3.05, 3.63) is 19.1 Å². The SMILES string of the molecule is C=CCCCCCCC1[CH]C1. The summed E-state index contributed by atoms with van der Waals surface area (Å²) in [6.45, 7) is 3.71. The molecule has 0 heteroatoms. The Hall–Kier alpha value is -0.260. The third-order valence-corrected chi connectivity index (χ3v) is 2.30. The van der Waals surface area contributed by atoms with Gasteiger partial charge in [0.15, 0.2) is 0 Å². The van der Waals surface area contributed by atoms with Crippen molar-refractivity contribution >= 4 is 0 Å². The molecule has 0 spiro atoms. The molecule has 1 aliphatic carbocycles. The van der Waals surface area contributed by atoms with Crippen molar-refractivity contribution in [2.24, 2.45) is 5.92 Å². The Morgan fingerprint density at radius 1 is 1.27 bits per heavy atom. The fourth-order valence-electron chi connectivity index (χ4n) is 1.38. The Balaban J connectivity index is 1.69. The number of hydrogen-bond acceptors (Lipinski definition) is 0. The fraction of sp³-hybridized carbons (Fsp3) is 0.727. The minimum Gasteiger partial charge on any atom is -0.103 e. The van der Waals surface area contributed by atoms with Gasteiger partial charge in [-0.25, -0.2) is 0 Å². The lowest BCUT2D eigenvalue weighted by Gasteiger charge is -1.97. The maximum atomic E-state index is 3.71. The summed E-state index contributed by atoms with van der Waals surface area (Å²) in [5.41, 5.74) is 0. The van der Waals surface area contributed by atoms with Crippen molar-refractivity contribution in [1.29, 1.82) is 0 Å². The molecule has 1 atom stereocenters. The molecule has 0 aliphatic heterocycles. The minimum absolute atomic E-state index is 1.01. The van der Waals surface area contributed by atoms with Crippen LogP contribution >= 0.6 is 0 Å². The largest absolute Gasteiger partial charge is 0.103 e. The van der Waals surface area contributed by atoms with E-state index in [1.54, 1.807) is 0 Å². The van der Waals surface area contributed by atoms with E-state index in [0.717, 1.165) is 5.92 Å². The van der Waals surface area contributed by atoms with Crippen molar-refractivity contribution in [1.82, 2.24) is 0 Å². The Kier molecular flexibility index (Phi) is 4.33. The lowest BCUT2D eigenvalue weighted by molar-refractivity contribution is 0.594. The molecule has 1 unspecified atom stereocenters. The third kappa shape index (κ3) is 5.06. The van der Waals surface area contributed by atoms with E-state index in [9.17, 15) is 0 Å². The molecule has 0 saturated heterocycles. The van der Waals surface area contributed by atoms with E-state index < -0.39 is 0 Å². The molecule has 1 rings (SSSR count). The fourth-order valence-corrected chi connectivity index (χ4v) is 1.38. The Bertz CT molecular complexity index is 101. The molecule has 0 bridgehead atoms. The number of rotatable bonds is 7. The van der Waals surface area contributed by atoms with Crippen LogP contribution in [0.3, 0.4) is 0 Å². The van der Waals surface area contributed by atoms with Crippen LogP contribution in [0.5, 0.6) is 0 Å². The number of unbranched alkanes of at least 4 members (excludes halogenated alkanes) is 4. The van der Waals surface area contributed by atoms with Crippen molar-refractivity contribution < 1.29 is 0 Å². The van der Waals surface area contributed by atoms with Crippen molar-refractivity contribution in [3.63, 3.8) is 0 Å². The van der Waals surface area contributed by atoms with Crippen LogP contribution in [-0.4, -0.2) is 0 Å². The smallest absolute Gasteiger partial charge is 0.0352 e. The molecule has 0 aromatic carbocycles. The summed E-state index contributed by atoms with van der Waals surface area (Å²) in [4.78, 5) is 0. The van der Waals surface area contributed by atoms with Crippen LogP contribution < -0.4 is 0 Å². The van der Waals surface area contributed by atoms with Crippen LogP contribution in [0, 0.1) is 12.3 Å². The number of hydrogen-bond donors (Lipinski definition) is 0. The predicted molar refractivity (Wildman–Crippen MR) is 50.3 cm³/mol. The molecule has 1 radical (unpaired) electrons. The van der Waals surface area contributed by atoms with Crippen LogP contribution in [-0.2, 0) is 0 Å². The molecule has 0 amide bonds. The van der Waals surface area contributed by atoms with Gasteiger partial charge in [-0.15, -0.1) is 6.58 Å². The number of allylic oxidation sites excluding steroid dienone is 1. The lowest BCUT2D eigenvalue weighted by atomic mass is 10.1. The highest BCUT2D eigenvalue weighted by atomic mass is 14.2. The van der Waals surface area contributed by atoms with E-state index in [2.05, 4.69) is 13.0 Å². The molecule has 63 valence electrons. The maximum absolute atomic E-state index is 3.71. The molecule has 0 aromatic heterocycles. The first-order valence-corrected chi connectivity index (χ1v) is 4.87. The topological polar surface area (TPSA) is 0 Å². The second-order valence-corrected chi connectivity index (χ2v) is 3.51. The molecule has 0 N–H and O–H groups in total. The zero-order valence-corrected chi connectivity index (χ0v) is 7.39. The van der Waals surface area contributed by atoms with Gasteiger partial charge in [-0.3, -0.25) is 0 Å². The summed E-state index contributed by atoms with van der Waals surface area (Å²) < 4.78 is 0. The zero-order chi connectivity index (χ0) is 7.94. The van der Waals surface area contributed by atoms with Crippen molar-refractivity contribution in [2.45, 2.75) is 44.9 Å². The van der Waals surface area contributed by atoms with E-state index in [0.29, 0.717) is 0 Å². The second kappa shape index (κ2) is 5.40. The van der Waals surface area contributed by atoms with Crippen molar-refractivity contribution in [2.75, 3.05) is 0 Å². The Morgan fingerprint density at radius 3 is 2.64 bits per heavy atom. The van der Waals surface area contributed by atoms with Gasteiger partial charge in [-0.05, 0) is 31.6 Å². The maximum Gasteiger partial charge on any atom is -0.0352 e. The van der Waals surface area contributed by atoms with Crippen molar-refractivity contribution in [3.8, 4) is 0 Å². The van der Waals surface area contributed by atoms with Crippen LogP contribution in [0.2, 0.25) is 0 Å². The summed E-state index contributed by atoms with van der Waals surface area (Å²) in [6, 6.07) is 0. The summed E-state index contributed by atoms with van der Waals surface area (Å²) in [5, 5.41) is 0. The molecular formula is C11H19. The summed E-state index contributed by atoms with van der Waals surface area (Å²) in [5.74, 6) is 1.01. The molecule has 0 aromatic rings. The van der Waals surface area contributed by atoms with E-state index in [-0.39, 0.29) is 0 Å². The van der Waals surface area contributed by atoms with Gasteiger partial charge in [0.05, 0.1) is 0 Å². The molecule has 0 heterocycles. The van der Waals surface area contributed by atoms with E-state index >= 15 is 0 Å². The van der Waals surface area contributed by atoms with Gasteiger partial charge in [0.25, 0.3) is 0 Å². The van der Waals surface area contributed by atoms with Gasteiger partial charge in [0.1, 0.15) is 0 Å². The van der Waals surface area contributed by atoms with E-state index in [1.807, 2.05) is 6.08 Å². The van der Waals surface area contributed by atoms with Gasteiger partial charge in [0, 0.05) is 0 Å². The molecule has 0 nitrogen and oxygen atoms in total. The summed E-state index contributed by atoms with van der Waals surface area (Å²) >= 11 is 0. The van der Waals surface area contributed by atoms with Crippen LogP contribution in [0.25, 0.3) is 0 Å². The van der Waals surface area contributed by atoms with Gasteiger partial charge in [0.2, 0.25) is 0 Å². The average Bonchev–Trinajstić information content (AvgIpc) is 2.80. The predicted octanol–water partition coefficient (Wildman–Crippen LogP) is 3.74. The highest BCUT2D eigenvalue weighted by Crippen LogP contribution is 2.32. The monoisotopic (exact) mass is 151 g/mol. The lowest BCUT2D eigenvalue weighted by Crippen LogP contribution is -1.79. The first-order valence-electron chi connectivity index (χ1n) is 4.87. The highest BCUT2D eigenvalue weighted by Gasteiger charge is 2.20. The Labute approximate surface area is 70.7 Å². The van der Waals surface area contributed by atoms with Crippen LogP contribution in [0.1, 0.15) is 44.9 Å². The molecule has 1 saturated carbocycles. The normalized spacial score (nSPS) is 16.7. The van der Waals surface area contributed by atoms with E-state index in [4.69, 9.17) is 0 Å². The zero-order valence-electron chi connectivity index (χ0n) is 7.39. The molecule has 1 aliphatic rings. The minimum atomic E-state index is 1.01. The molecule has 1 fully saturated rings. The highest BCUT2D eigenvalue weighted by molar-refractivity contribution is 4.93. The molecular weight excluding hydrogens is 132 g/mol. The summed E-state index contributed by atoms with van der Waals surface area (Å²) in [6.07, 6.45) is 14.1. The first-order chi connectivity index (χ1) is 5.43. The van der Waals surface area contributed by atoms with E-state index in [1.165, 1.54) is 44.9 Å². The van der Waals surface area contributed by atoms with Gasteiger partial charge < -0.3 is 0 Å².